The Morgan fingerprint density at radius 1 is 1.47 bits per heavy atom. The lowest BCUT2D eigenvalue weighted by Gasteiger charge is -2.09. The number of aliphatic imine (C=N–C) groups is 1. The molecule has 0 saturated carbocycles. The fourth-order valence-corrected chi connectivity index (χ4v) is 1.59. The molecule has 0 amide bonds. The van der Waals surface area contributed by atoms with E-state index in [1.165, 1.54) is 5.56 Å². The van der Waals surface area contributed by atoms with Gasteiger partial charge in [0.25, 0.3) is 0 Å². The summed E-state index contributed by atoms with van der Waals surface area (Å²) in [5, 5.41) is 6.93. The molecule has 0 aromatic heterocycles. The highest BCUT2D eigenvalue weighted by Gasteiger charge is 1.97. The summed E-state index contributed by atoms with van der Waals surface area (Å²) in [5.41, 5.74) is 1.19. The van der Waals surface area contributed by atoms with Gasteiger partial charge in [0.05, 0.1) is 6.54 Å². The maximum atomic E-state index is 5.90. The van der Waals surface area contributed by atoms with Gasteiger partial charge >= 0.3 is 0 Å². The molecule has 0 fully saturated rings. The Balaban J connectivity index is 2.34. The zero-order chi connectivity index (χ0) is 12.5. The molecule has 0 saturated heterocycles. The molecular formula is C13H16ClN3. The summed E-state index contributed by atoms with van der Waals surface area (Å²) in [5.74, 6) is 3.21. The molecule has 3 nitrogen and oxygen atoms in total. The maximum absolute atomic E-state index is 5.90. The Morgan fingerprint density at radius 3 is 2.94 bits per heavy atom. The normalized spacial score (nSPS) is 10.8. The summed E-state index contributed by atoms with van der Waals surface area (Å²) in [6.07, 6.45) is 6.04. The highest BCUT2D eigenvalue weighted by Crippen LogP contribution is 2.10. The average molecular weight is 250 g/mol. The molecule has 2 N–H and O–H groups in total. The molecule has 0 spiro atoms. The number of terminal acetylenes is 1. The van der Waals surface area contributed by atoms with Crippen LogP contribution in [0.2, 0.25) is 5.02 Å². The molecule has 0 aliphatic carbocycles. The first kappa shape index (κ1) is 13.4. The van der Waals surface area contributed by atoms with E-state index < -0.39 is 0 Å². The molecule has 0 unspecified atom stereocenters. The highest BCUT2D eigenvalue weighted by atomic mass is 35.5. The number of halogens is 1. The first-order chi connectivity index (χ1) is 8.26. The highest BCUT2D eigenvalue weighted by molar-refractivity contribution is 6.30. The van der Waals surface area contributed by atoms with Gasteiger partial charge in [0.2, 0.25) is 0 Å². The fraction of sp³-hybridized carbons (Fsp3) is 0.308. The van der Waals surface area contributed by atoms with Gasteiger partial charge in [-0.25, -0.2) is 0 Å². The molecule has 0 aliphatic rings. The lowest BCUT2D eigenvalue weighted by molar-refractivity contribution is 0.824. The summed E-state index contributed by atoms with van der Waals surface area (Å²) in [4.78, 5) is 4.05. The summed E-state index contributed by atoms with van der Waals surface area (Å²) in [6.45, 7) is 1.25. The van der Waals surface area contributed by atoms with Crippen molar-refractivity contribution in [3.63, 3.8) is 0 Å². The van der Waals surface area contributed by atoms with Gasteiger partial charge < -0.3 is 10.6 Å². The number of hydrogen-bond donors (Lipinski definition) is 2. The van der Waals surface area contributed by atoms with Gasteiger partial charge in [-0.3, -0.25) is 4.99 Å². The van der Waals surface area contributed by atoms with E-state index >= 15 is 0 Å². The summed E-state index contributed by atoms with van der Waals surface area (Å²) < 4.78 is 0. The van der Waals surface area contributed by atoms with Crippen molar-refractivity contribution >= 4 is 17.6 Å². The van der Waals surface area contributed by atoms with E-state index in [1.54, 1.807) is 7.05 Å². The van der Waals surface area contributed by atoms with Crippen molar-refractivity contribution < 1.29 is 0 Å². The van der Waals surface area contributed by atoms with Crippen molar-refractivity contribution in [3.8, 4) is 12.3 Å². The van der Waals surface area contributed by atoms with Crippen LogP contribution < -0.4 is 10.6 Å². The van der Waals surface area contributed by atoms with Crippen LogP contribution in [0.4, 0.5) is 0 Å². The van der Waals surface area contributed by atoms with Crippen LogP contribution in [-0.4, -0.2) is 26.1 Å². The van der Waals surface area contributed by atoms with E-state index in [9.17, 15) is 0 Å². The van der Waals surface area contributed by atoms with Crippen molar-refractivity contribution in [2.75, 3.05) is 20.1 Å². The smallest absolute Gasteiger partial charge is 0.191 e. The SMILES string of the molecule is C#CCNC(=NC)NCCc1cccc(Cl)c1. The van der Waals surface area contributed by atoms with Crippen molar-refractivity contribution in [1.82, 2.24) is 10.6 Å². The third kappa shape index (κ3) is 5.28. The Hall–Kier alpha value is -1.66. The molecule has 0 bridgehead atoms. The van der Waals surface area contributed by atoms with E-state index in [1.807, 2.05) is 24.3 Å². The van der Waals surface area contributed by atoms with E-state index in [2.05, 4.69) is 21.5 Å². The predicted molar refractivity (Wildman–Crippen MR) is 73.4 cm³/mol. The van der Waals surface area contributed by atoms with Gasteiger partial charge in [0.15, 0.2) is 5.96 Å². The minimum atomic E-state index is 0.469. The quantitative estimate of drug-likeness (QED) is 0.484. The third-order valence-electron chi connectivity index (χ3n) is 2.18. The van der Waals surface area contributed by atoms with E-state index in [-0.39, 0.29) is 0 Å². The van der Waals surface area contributed by atoms with Gasteiger partial charge in [-0.05, 0) is 24.1 Å². The lowest BCUT2D eigenvalue weighted by Crippen LogP contribution is -2.38. The topological polar surface area (TPSA) is 36.4 Å². The minimum absolute atomic E-state index is 0.469. The molecule has 0 heterocycles. The number of hydrogen-bond acceptors (Lipinski definition) is 1. The molecule has 1 rings (SSSR count). The molecule has 0 aliphatic heterocycles. The Labute approximate surface area is 107 Å². The number of rotatable bonds is 4. The van der Waals surface area contributed by atoms with Crippen LogP contribution in [-0.2, 0) is 6.42 Å². The fourth-order valence-electron chi connectivity index (χ4n) is 1.37. The van der Waals surface area contributed by atoms with Crippen molar-refractivity contribution in [3.05, 3.63) is 34.9 Å². The number of nitrogens with zero attached hydrogens (tertiary/aromatic N) is 1. The van der Waals surface area contributed by atoms with Gasteiger partial charge in [0, 0.05) is 18.6 Å². The summed E-state index contributed by atoms with van der Waals surface area (Å²) >= 11 is 5.90. The van der Waals surface area contributed by atoms with Crippen LogP contribution in [0.25, 0.3) is 0 Å². The van der Waals surface area contributed by atoms with Gasteiger partial charge in [-0.15, -0.1) is 6.42 Å². The Kier molecular flexibility index (Phi) is 5.98. The second-order valence-electron chi connectivity index (χ2n) is 3.44. The van der Waals surface area contributed by atoms with E-state index in [4.69, 9.17) is 18.0 Å². The second-order valence-corrected chi connectivity index (χ2v) is 3.87. The maximum Gasteiger partial charge on any atom is 0.191 e. The van der Waals surface area contributed by atoms with Gasteiger partial charge in [-0.2, -0.15) is 0 Å². The summed E-state index contributed by atoms with van der Waals surface area (Å²) in [6, 6.07) is 7.82. The van der Waals surface area contributed by atoms with Crippen molar-refractivity contribution in [1.29, 1.82) is 0 Å². The van der Waals surface area contributed by atoms with Crippen LogP contribution in [0.5, 0.6) is 0 Å². The van der Waals surface area contributed by atoms with Crippen LogP contribution in [0.15, 0.2) is 29.3 Å². The Morgan fingerprint density at radius 2 is 2.29 bits per heavy atom. The van der Waals surface area contributed by atoms with Crippen molar-refractivity contribution in [2.24, 2.45) is 4.99 Å². The third-order valence-corrected chi connectivity index (χ3v) is 2.41. The second kappa shape index (κ2) is 7.59. The average Bonchev–Trinajstić information content (AvgIpc) is 2.33. The zero-order valence-corrected chi connectivity index (χ0v) is 10.6. The lowest BCUT2D eigenvalue weighted by atomic mass is 10.1. The first-order valence-corrected chi connectivity index (χ1v) is 5.76. The van der Waals surface area contributed by atoms with E-state index in [0.717, 1.165) is 18.0 Å². The van der Waals surface area contributed by atoms with Crippen LogP contribution in [0.3, 0.4) is 0 Å². The predicted octanol–water partition coefficient (Wildman–Crippen LogP) is 1.68. The molecule has 4 heteroatoms. The number of benzene rings is 1. The zero-order valence-electron chi connectivity index (χ0n) is 9.83. The minimum Gasteiger partial charge on any atom is -0.356 e. The molecule has 90 valence electrons. The van der Waals surface area contributed by atoms with Gasteiger partial charge in [0.1, 0.15) is 0 Å². The van der Waals surface area contributed by atoms with Crippen LogP contribution in [0, 0.1) is 12.3 Å². The molecule has 0 radical (unpaired) electrons. The standard InChI is InChI=1S/C13H16ClN3/c1-3-8-16-13(15-2)17-9-7-11-5-4-6-12(14)10-11/h1,4-6,10H,7-9H2,2H3,(H2,15,16,17). The molecule has 1 aromatic rings. The first-order valence-electron chi connectivity index (χ1n) is 5.38. The molecule has 17 heavy (non-hydrogen) atoms. The summed E-state index contributed by atoms with van der Waals surface area (Å²) in [7, 11) is 1.71. The molecular weight excluding hydrogens is 234 g/mol. The monoisotopic (exact) mass is 249 g/mol. The molecule has 0 atom stereocenters. The number of nitrogens with one attached hydrogen (secondary N) is 2. The molecule has 1 aromatic carbocycles. The van der Waals surface area contributed by atoms with Gasteiger partial charge in [-0.1, -0.05) is 29.7 Å². The number of guanidine groups is 1. The largest absolute Gasteiger partial charge is 0.356 e. The van der Waals surface area contributed by atoms with E-state index in [0.29, 0.717) is 12.5 Å². The van der Waals surface area contributed by atoms with Crippen LogP contribution in [0.1, 0.15) is 5.56 Å². The Bertz CT molecular complexity index is 421. The van der Waals surface area contributed by atoms with Crippen molar-refractivity contribution in [2.45, 2.75) is 6.42 Å². The van der Waals surface area contributed by atoms with Crippen LogP contribution >= 0.6 is 11.6 Å².